The molecular weight excluding hydrogens is 736 g/mol. The van der Waals surface area contributed by atoms with Crippen LogP contribution in [0, 0.1) is 0 Å². The fraction of sp³-hybridized carbons (Fsp3) is 0.286. The number of hydrogen-bond acceptors (Lipinski definition) is 4. The van der Waals surface area contributed by atoms with Crippen molar-refractivity contribution in [1.29, 1.82) is 0 Å². The normalized spacial score (nSPS) is 12.6. The van der Waals surface area contributed by atoms with Gasteiger partial charge in [0.1, 0.15) is 0 Å². The highest BCUT2D eigenvalue weighted by Gasteiger charge is 2.73. The van der Waals surface area contributed by atoms with Crippen molar-refractivity contribution < 1.29 is 71.7 Å². The van der Waals surface area contributed by atoms with E-state index in [0.29, 0.717) is 12.1 Å². The summed E-state index contributed by atoms with van der Waals surface area (Å²) in [6.45, 7) is -2.54. The maximum Gasteiger partial charge on any atom is 0.435 e. The highest BCUT2D eigenvalue weighted by molar-refractivity contribution is 9.10. The summed E-state index contributed by atoms with van der Waals surface area (Å²) in [6.07, 6.45) is -17.9. The number of carbonyl (C=O) groups is 2. The number of rotatable bonds is 9. The van der Waals surface area contributed by atoms with Crippen LogP contribution in [0.2, 0.25) is 0 Å². The number of benzene rings is 3. The number of halogens is 13. The number of hydrogen-bond donors (Lipinski definition) is 1. The molecule has 0 bridgehead atoms. The van der Waals surface area contributed by atoms with Gasteiger partial charge in [-0.3, -0.25) is 9.59 Å². The zero-order valence-electron chi connectivity index (χ0n) is 23.5. The van der Waals surface area contributed by atoms with Gasteiger partial charge in [0.15, 0.2) is 11.5 Å². The van der Waals surface area contributed by atoms with E-state index in [1.54, 1.807) is 0 Å². The Bertz CT molecular complexity index is 1610. The Morgan fingerprint density at radius 3 is 1.91 bits per heavy atom. The van der Waals surface area contributed by atoms with Crippen LogP contribution in [0.15, 0.2) is 59.1 Å². The lowest BCUT2D eigenvalue weighted by atomic mass is 9.93. The van der Waals surface area contributed by atoms with Crippen molar-refractivity contribution in [2.75, 3.05) is 23.9 Å². The highest BCUT2D eigenvalue weighted by atomic mass is 79.9. The fourth-order valence-corrected chi connectivity index (χ4v) is 4.81. The first-order chi connectivity index (χ1) is 21.6. The summed E-state index contributed by atoms with van der Waals surface area (Å²) < 4.78 is 168. The molecule has 47 heavy (non-hydrogen) atoms. The monoisotopic (exact) mass is 754 g/mol. The van der Waals surface area contributed by atoms with Crippen molar-refractivity contribution >= 4 is 39.1 Å². The molecule has 3 aromatic carbocycles. The number of anilines is 2. The average molecular weight is 755 g/mol. The molecule has 19 heteroatoms. The van der Waals surface area contributed by atoms with E-state index < -0.39 is 75.2 Å². The fourth-order valence-electron chi connectivity index (χ4n) is 4.27. The SMILES string of the molecule is CCN(C(=O)c1ccc(C(F)(F)F)cc1)c1cccc(C(=O)Nc2c(Br)cc(C(F)(C(F)(F)F)C(F)(F)F)cc2OC(F)F)c1OC. The van der Waals surface area contributed by atoms with Gasteiger partial charge in [0, 0.05) is 22.1 Å². The van der Waals surface area contributed by atoms with Crippen LogP contribution in [0.5, 0.6) is 11.5 Å². The Hall–Kier alpha value is -4.16. The van der Waals surface area contributed by atoms with Gasteiger partial charge in [-0.05, 0) is 71.4 Å². The minimum atomic E-state index is -6.60. The van der Waals surface area contributed by atoms with Crippen LogP contribution in [0.4, 0.5) is 64.1 Å². The van der Waals surface area contributed by atoms with E-state index >= 15 is 0 Å². The number of methoxy groups -OCH3 is 1. The Balaban J connectivity index is 2.08. The number of nitrogens with zero attached hydrogens (tertiary/aromatic N) is 1. The molecule has 3 rings (SSSR count). The lowest BCUT2D eigenvalue weighted by Crippen LogP contribution is -2.50. The van der Waals surface area contributed by atoms with Crippen LogP contribution in [0.25, 0.3) is 0 Å². The Kier molecular flexibility index (Phi) is 10.7. The molecule has 0 aliphatic rings. The Morgan fingerprint density at radius 2 is 1.45 bits per heavy atom. The molecule has 1 N–H and O–H groups in total. The van der Waals surface area contributed by atoms with Gasteiger partial charge in [0.2, 0.25) is 0 Å². The summed E-state index contributed by atoms with van der Waals surface area (Å²) in [7, 11) is 1.04. The Morgan fingerprint density at radius 1 is 0.872 bits per heavy atom. The average Bonchev–Trinajstić information content (AvgIpc) is 2.96. The minimum absolute atomic E-state index is 0.0376. The summed E-state index contributed by atoms with van der Waals surface area (Å²) >= 11 is 2.57. The van der Waals surface area contributed by atoms with Gasteiger partial charge in [0.25, 0.3) is 11.8 Å². The van der Waals surface area contributed by atoms with Gasteiger partial charge in [-0.15, -0.1) is 0 Å². The lowest BCUT2D eigenvalue weighted by Gasteiger charge is -2.31. The van der Waals surface area contributed by atoms with E-state index in [-0.39, 0.29) is 35.7 Å². The number of ether oxygens (including phenoxy) is 2. The molecule has 0 aliphatic heterocycles. The number of nitrogens with one attached hydrogen (secondary N) is 1. The molecule has 0 heterocycles. The molecule has 0 aromatic heterocycles. The van der Waals surface area contributed by atoms with E-state index in [1.807, 2.05) is 5.32 Å². The van der Waals surface area contributed by atoms with Crippen molar-refractivity contribution in [2.45, 2.75) is 37.7 Å². The zero-order valence-corrected chi connectivity index (χ0v) is 25.1. The van der Waals surface area contributed by atoms with Crippen molar-refractivity contribution in [3.8, 4) is 11.5 Å². The molecule has 0 spiro atoms. The smallest absolute Gasteiger partial charge is 0.435 e. The van der Waals surface area contributed by atoms with Crippen molar-refractivity contribution in [2.24, 2.45) is 0 Å². The number of amides is 2. The first kappa shape index (κ1) is 37.3. The van der Waals surface area contributed by atoms with Crippen molar-refractivity contribution in [1.82, 2.24) is 0 Å². The van der Waals surface area contributed by atoms with E-state index in [0.717, 1.165) is 30.2 Å². The third-order valence-electron chi connectivity index (χ3n) is 6.44. The second-order valence-corrected chi connectivity index (χ2v) is 10.2. The van der Waals surface area contributed by atoms with Crippen LogP contribution in [0.1, 0.15) is 38.8 Å². The van der Waals surface area contributed by atoms with Gasteiger partial charge >= 0.3 is 30.8 Å². The first-order valence-corrected chi connectivity index (χ1v) is 13.5. The van der Waals surface area contributed by atoms with Gasteiger partial charge in [0.05, 0.1) is 29.6 Å². The highest BCUT2D eigenvalue weighted by Crippen LogP contribution is 2.55. The van der Waals surface area contributed by atoms with E-state index in [9.17, 15) is 62.3 Å². The van der Waals surface area contributed by atoms with Crippen LogP contribution >= 0.6 is 15.9 Å². The summed E-state index contributed by atoms with van der Waals surface area (Å²) in [5.41, 5.74) is -11.0. The zero-order chi connectivity index (χ0) is 35.7. The summed E-state index contributed by atoms with van der Waals surface area (Å²) in [5.74, 6) is -3.98. The predicted octanol–water partition coefficient (Wildman–Crippen LogP) is 9.29. The predicted molar refractivity (Wildman–Crippen MR) is 145 cm³/mol. The second-order valence-electron chi connectivity index (χ2n) is 9.30. The van der Waals surface area contributed by atoms with E-state index in [4.69, 9.17) is 4.74 Å². The molecule has 0 atom stereocenters. The van der Waals surface area contributed by atoms with Gasteiger partial charge < -0.3 is 19.7 Å². The van der Waals surface area contributed by atoms with Crippen LogP contribution in [-0.4, -0.2) is 44.4 Å². The number of alkyl halides is 12. The molecule has 0 fully saturated rings. The second kappa shape index (κ2) is 13.5. The standard InChI is InChI=1S/C28H19BrF12N2O4/c1-3-43(23(45)13-7-9-14(10-8-13)26(33,34)35)18-6-4-5-16(21(18)46-2)22(44)42-20-17(29)11-15(12-19(20)47-24(30)31)25(32,27(36,37)38)28(39,40)41/h4-12,24H,3H2,1-2H3,(H,42,44). The molecule has 0 saturated heterocycles. The molecule has 2 amide bonds. The first-order valence-electron chi connectivity index (χ1n) is 12.7. The van der Waals surface area contributed by atoms with E-state index in [1.165, 1.54) is 19.1 Å². The van der Waals surface area contributed by atoms with Crippen LogP contribution in [-0.2, 0) is 11.8 Å². The lowest BCUT2D eigenvalue weighted by molar-refractivity contribution is -0.348. The molecule has 3 aromatic rings. The molecule has 0 unspecified atom stereocenters. The molecule has 0 radical (unpaired) electrons. The topological polar surface area (TPSA) is 67.9 Å². The largest absolute Gasteiger partial charge is 0.494 e. The number of para-hydroxylation sites is 1. The molecule has 0 saturated carbocycles. The molecule has 6 nitrogen and oxygen atoms in total. The third-order valence-corrected chi connectivity index (χ3v) is 7.07. The molecular formula is C28H19BrF12N2O4. The van der Waals surface area contributed by atoms with E-state index in [2.05, 4.69) is 20.7 Å². The third kappa shape index (κ3) is 7.54. The maximum absolute atomic E-state index is 14.7. The van der Waals surface area contributed by atoms with Crippen molar-refractivity contribution in [3.63, 3.8) is 0 Å². The van der Waals surface area contributed by atoms with Gasteiger partial charge in [-0.1, -0.05) is 6.07 Å². The maximum atomic E-state index is 14.7. The van der Waals surface area contributed by atoms with Crippen LogP contribution < -0.4 is 19.7 Å². The van der Waals surface area contributed by atoms with Crippen LogP contribution in [0.3, 0.4) is 0 Å². The molecule has 256 valence electrons. The summed E-state index contributed by atoms with van der Waals surface area (Å²) in [6, 6.07) is 6.36. The minimum Gasteiger partial charge on any atom is -0.494 e. The van der Waals surface area contributed by atoms with Gasteiger partial charge in [-0.25, -0.2) is 4.39 Å². The summed E-state index contributed by atoms with van der Waals surface area (Å²) in [4.78, 5) is 27.6. The number of carbonyl (C=O) groups excluding carboxylic acids is 2. The van der Waals surface area contributed by atoms with Gasteiger partial charge in [-0.2, -0.15) is 48.3 Å². The quantitative estimate of drug-likeness (QED) is 0.221. The molecule has 0 aliphatic carbocycles. The van der Waals surface area contributed by atoms with Crippen molar-refractivity contribution in [3.05, 3.63) is 81.3 Å². The Labute approximate surface area is 265 Å². The summed E-state index contributed by atoms with van der Waals surface area (Å²) in [5, 5.41) is 1.98.